The molecular weight excluding hydrogens is 354 g/mol. The van der Waals surface area contributed by atoms with Crippen LogP contribution in [0.5, 0.6) is 5.75 Å². The Balaban J connectivity index is 1.53. The highest BCUT2D eigenvalue weighted by Gasteiger charge is 2.22. The highest BCUT2D eigenvalue weighted by Crippen LogP contribution is 2.18. The van der Waals surface area contributed by atoms with Gasteiger partial charge in [0.1, 0.15) is 30.0 Å². The van der Waals surface area contributed by atoms with Crippen LogP contribution >= 0.6 is 11.6 Å². The summed E-state index contributed by atoms with van der Waals surface area (Å²) in [4.78, 5) is 2.17. The zero-order chi connectivity index (χ0) is 18.4. The number of aliphatic hydroxyl groups excluding tert-OH is 1. The lowest BCUT2D eigenvalue weighted by Gasteiger charge is -2.26. The normalized spacial score (nSPS) is 18.4. The van der Waals surface area contributed by atoms with Crippen LogP contribution in [-0.2, 0) is 11.3 Å². The molecule has 1 aromatic heterocycles. The van der Waals surface area contributed by atoms with Crippen molar-refractivity contribution in [2.75, 3.05) is 26.3 Å². The quantitative estimate of drug-likeness (QED) is 0.720. The maximum Gasteiger partial charge on any atom is 0.119 e. The van der Waals surface area contributed by atoms with Crippen LogP contribution in [0.25, 0.3) is 0 Å². The molecule has 1 aliphatic rings. The van der Waals surface area contributed by atoms with Crippen molar-refractivity contribution in [1.82, 2.24) is 4.90 Å². The van der Waals surface area contributed by atoms with Crippen LogP contribution in [0.1, 0.15) is 24.4 Å². The highest BCUT2D eigenvalue weighted by atomic mass is 35.5. The van der Waals surface area contributed by atoms with E-state index >= 15 is 0 Å². The molecule has 6 heteroatoms. The van der Waals surface area contributed by atoms with E-state index in [0.29, 0.717) is 23.9 Å². The fourth-order valence-electron chi connectivity index (χ4n) is 3.14. The van der Waals surface area contributed by atoms with Crippen LogP contribution in [0.2, 0.25) is 5.02 Å². The van der Waals surface area contributed by atoms with E-state index in [1.54, 1.807) is 24.3 Å². The average molecular weight is 380 g/mol. The minimum atomic E-state index is -0.608. The summed E-state index contributed by atoms with van der Waals surface area (Å²) in [6, 6.07) is 11.1. The molecule has 3 rings (SSSR count). The van der Waals surface area contributed by atoms with Gasteiger partial charge in [0.15, 0.2) is 0 Å². The van der Waals surface area contributed by atoms with Crippen molar-refractivity contribution in [3.63, 3.8) is 0 Å². The minimum Gasteiger partial charge on any atom is -0.491 e. The monoisotopic (exact) mass is 379 g/mol. The van der Waals surface area contributed by atoms with Crippen molar-refractivity contribution in [3.8, 4) is 5.75 Å². The van der Waals surface area contributed by atoms with Crippen molar-refractivity contribution in [1.29, 1.82) is 0 Å². The predicted molar refractivity (Wildman–Crippen MR) is 101 cm³/mol. The molecule has 0 aliphatic carbocycles. The first-order valence-electron chi connectivity index (χ1n) is 9.04. The number of furan rings is 1. The maximum atomic E-state index is 10.4. The van der Waals surface area contributed by atoms with E-state index in [9.17, 15) is 5.11 Å². The number of aliphatic hydroxyl groups is 1. The first-order valence-corrected chi connectivity index (χ1v) is 9.42. The lowest BCUT2D eigenvalue weighted by Crippen LogP contribution is -2.39. The van der Waals surface area contributed by atoms with Crippen molar-refractivity contribution in [2.24, 2.45) is 0 Å². The van der Waals surface area contributed by atoms with E-state index < -0.39 is 6.10 Å². The lowest BCUT2D eigenvalue weighted by molar-refractivity contribution is 0.0290. The minimum absolute atomic E-state index is 0.218. The van der Waals surface area contributed by atoms with Gasteiger partial charge in [0.2, 0.25) is 0 Å². The second-order valence-electron chi connectivity index (χ2n) is 6.76. The summed E-state index contributed by atoms with van der Waals surface area (Å²) < 4.78 is 17.1. The van der Waals surface area contributed by atoms with Gasteiger partial charge >= 0.3 is 0 Å². The summed E-state index contributed by atoms with van der Waals surface area (Å²) in [5.74, 6) is 2.48. The molecule has 1 aliphatic heterocycles. The Kier molecular flexibility index (Phi) is 6.97. The van der Waals surface area contributed by atoms with Gasteiger partial charge < -0.3 is 19.0 Å². The lowest BCUT2D eigenvalue weighted by atomic mass is 10.2. The van der Waals surface area contributed by atoms with Gasteiger partial charge in [-0.05, 0) is 56.2 Å². The van der Waals surface area contributed by atoms with Crippen molar-refractivity contribution in [2.45, 2.75) is 38.5 Å². The zero-order valence-electron chi connectivity index (χ0n) is 15.1. The smallest absolute Gasteiger partial charge is 0.119 e. The number of hydrogen-bond donors (Lipinski definition) is 1. The Morgan fingerprint density at radius 2 is 2.08 bits per heavy atom. The van der Waals surface area contributed by atoms with E-state index in [2.05, 4.69) is 4.90 Å². The number of hydrogen-bond acceptors (Lipinski definition) is 5. The molecule has 0 amide bonds. The Hall–Kier alpha value is -1.53. The second-order valence-corrected chi connectivity index (χ2v) is 7.20. The molecule has 2 atom stereocenters. The van der Waals surface area contributed by atoms with E-state index in [1.807, 2.05) is 19.1 Å². The van der Waals surface area contributed by atoms with E-state index in [1.165, 1.54) is 0 Å². The molecule has 2 heterocycles. The molecule has 0 unspecified atom stereocenters. The molecule has 1 aromatic carbocycles. The SMILES string of the molecule is Cc1ccc(CN(C[C@@H](O)COc2ccc(Cl)cc2)C[C@H]2CCCO2)o1. The second kappa shape index (κ2) is 9.42. The standard InChI is InChI=1S/C20H26ClNO4/c1-15-4-7-20(26-15)13-22(12-19-3-2-10-24-19)11-17(23)14-25-18-8-5-16(21)6-9-18/h4-9,17,19,23H,2-3,10-14H2,1H3/t17-,19-/m1/s1. The zero-order valence-corrected chi connectivity index (χ0v) is 15.8. The third-order valence-corrected chi connectivity index (χ3v) is 4.64. The first-order chi connectivity index (χ1) is 12.6. The van der Waals surface area contributed by atoms with E-state index in [-0.39, 0.29) is 12.7 Å². The fourth-order valence-corrected chi connectivity index (χ4v) is 3.27. The van der Waals surface area contributed by atoms with Gasteiger partial charge in [-0.1, -0.05) is 11.6 Å². The van der Waals surface area contributed by atoms with Crippen molar-refractivity contribution < 1.29 is 19.0 Å². The Labute approximate surface area is 159 Å². The Bertz CT molecular complexity index is 667. The first kappa shape index (κ1) is 19.2. The van der Waals surface area contributed by atoms with Crippen LogP contribution < -0.4 is 4.74 Å². The average Bonchev–Trinajstić information content (AvgIpc) is 3.26. The van der Waals surface area contributed by atoms with Crippen LogP contribution in [0, 0.1) is 6.92 Å². The molecular formula is C20H26ClNO4. The fraction of sp³-hybridized carbons (Fsp3) is 0.500. The summed E-state index contributed by atoms with van der Waals surface area (Å²) in [5, 5.41) is 11.1. The van der Waals surface area contributed by atoms with E-state index in [4.69, 9.17) is 25.5 Å². The summed E-state index contributed by atoms with van der Waals surface area (Å²) in [6.45, 7) is 4.89. The van der Waals surface area contributed by atoms with Gasteiger partial charge in [-0.3, -0.25) is 4.90 Å². The molecule has 1 saturated heterocycles. The molecule has 5 nitrogen and oxygen atoms in total. The number of ether oxygens (including phenoxy) is 2. The molecule has 0 radical (unpaired) electrons. The third-order valence-electron chi connectivity index (χ3n) is 4.39. The molecule has 0 spiro atoms. The largest absolute Gasteiger partial charge is 0.491 e. The Morgan fingerprint density at radius 3 is 2.73 bits per heavy atom. The summed E-state index contributed by atoms with van der Waals surface area (Å²) in [5.41, 5.74) is 0. The van der Waals surface area contributed by atoms with E-state index in [0.717, 1.165) is 37.5 Å². The van der Waals surface area contributed by atoms with Crippen LogP contribution in [0.3, 0.4) is 0 Å². The highest BCUT2D eigenvalue weighted by molar-refractivity contribution is 6.30. The summed E-state index contributed by atoms with van der Waals surface area (Å²) in [7, 11) is 0. The Morgan fingerprint density at radius 1 is 1.27 bits per heavy atom. The third kappa shape index (κ3) is 6.02. The molecule has 0 bridgehead atoms. The number of halogens is 1. The molecule has 1 fully saturated rings. The molecule has 2 aromatic rings. The van der Waals surface area contributed by atoms with Gasteiger partial charge in [-0.25, -0.2) is 0 Å². The van der Waals surface area contributed by atoms with Crippen molar-refractivity contribution in [3.05, 3.63) is 52.9 Å². The number of nitrogens with zero attached hydrogens (tertiary/aromatic N) is 1. The van der Waals surface area contributed by atoms with Gasteiger partial charge in [-0.15, -0.1) is 0 Å². The number of aryl methyl sites for hydroxylation is 1. The van der Waals surface area contributed by atoms with Crippen LogP contribution in [-0.4, -0.2) is 48.5 Å². The van der Waals surface area contributed by atoms with Crippen molar-refractivity contribution >= 4 is 11.6 Å². The van der Waals surface area contributed by atoms with Gasteiger partial charge in [-0.2, -0.15) is 0 Å². The van der Waals surface area contributed by atoms with Gasteiger partial charge in [0.05, 0.1) is 12.6 Å². The van der Waals surface area contributed by atoms with Crippen LogP contribution in [0.4, 0.5) is 0 Å². The summed E-state index contributed by atoms with van der Waals surface area (Å²) >= 11 is 5.87. The molecule has 26 heavy (non-hydrogen) atoms. The van der Waals surface area contributed by atoms with Gasteiger partial charge in [0, 0.05) is 24.7 Å². The topological polar surface area (TPSA) is 55.1 Å². The van der Waals surface area contributed by atoms with Crippen LogP contribution in [0.15, 0.2) is 40.8 Å². The molecule has 1 N–H and O–H groups in total. The van der Waals surface area contributed by atoms with Gasteiger partial charge in [0.25, 0.3) is 0 Å². The molecule has 142 valence electrons. The number of rotatable bonds is 9. The molecule has 0 saturated carbocycles. The number of benzene rings is 1. The summed E-state index contributed by atoms with van der Waals surface area (Å²) in [6.07, 6.45) is 1.77. The maximum absolute atomic E-state index is 10.4. The predicted octanol–water partition coefficient (Wildman–Crippen LogP) is 3.66.